The van der Waals surface area contributed by atoms with Crippen LogP contribution < -0.4 is 5.32 Å². The van der Waals surface area contributed by atoms with Crippen molar-refractivity contribution in [2.45, 2.75) is 12.6 Å². The lowest BCUT2D eigenvalue weighted by molar-refractivity contribution is 0.0761. The lowest BCUT2D eigenvalue weighted by Gasteiger charge is -2.25. The molecule has 0 unspecified atom stereocenters. The molecule has 4 nitrogen and oxygen atoms in total. The summed E-state index contributed by atoms with van der Waals surface area (Å²) in [5.74, 6) is 0. The molecule has 0 aliphatic carbocycles. The van der Waals surface area contributed by atoms with E-state index in [0.717, 1.165) is 24.3 Å². The number of morpholine rings is 1. The largest absolute Gasteiger partial charge is 0.392 e. The van der Waals surface area contributed by atoms with Crippen LogP contribution in [0.25, 0.3) is 0 Å². The van der Waals surface area contributed by atoms with Gasteiger partial charge in [-0.3, -0.25) is 4.98 Å². The molecule has 0 aromatic carbocycles. The highest BCUT2D eigenvalue weighted by Gasteiger charge is 2.17. The van der Waals surface area contributed by atoms with Crippen LogP contribution in [0.15, 0.2) is 18.5 Å². The highest BCUT2D eigenvalue weighted by Crippen LogP contribution is 2.19. The number of nitrogens with one attached hydrogen (secondary N) is 1. The molecular formula is C10H14N2O2. The van der Waals surface area contributed by atoms with Crippen molar-refractivity contribution in [3.8, 4) is 0 Å². The van der Waals surface area contributed by atoms with Gasteiger partial charge < -0.3 is 15.2 Å². The van der Waals surface area contributed by atoms with Crippen molar-refractivity contribution in [3.05, 3.63) is 29.6 Å². The summed E-state index contributed by atoms with van der Waals surface area (Å²) in [6.45, 7) is 2.31. The predicted octanol–water partition coefficient (Wildman–Crippen LogP) is 0.235. The van der Waals surface area contributed by atoms with Crippen LogP contribution in [0.5, 0.6) is 0 Å². The average molecular weight is 194 g/mol. The molecule has 0 radical (unpaired) electrons. The maximum Gasteiger partial charge on any atom is 0.0700 e. The zero-order valence-electron chi connectivity index (χ0n) is 7.94. The van der Waals surface area contributed by atoms with Gasteiger partial charge in [-0.15, -0.1) is 0 Å². The summed E-state index contributed by atoms with van der Waals surface area (Å²) in [6, 6.07) is 2.12. The van der Waals surface area contributed by atoms with Gasteiger partial charge in [0, 0.05) is 24.5 Å². The van der Waals surface area contributed by atoms with Crippen LogP contribution >= 0.6 is 0 Å². The van der Waals surface area contributed by atoms with E-state index in [-0.39, 0.29) is 12.6 Å². The third kappa shape index (κ3) is 1.92. The lowest BCUT2D eigenvalue weighted by atomic mass is 10.0. The van der Waals surface area contributed by atoms with Crippen molar-refractivity contribution >= 4 is 0 Å². The first-order chi connectivity index (χ1) is 6.92. The zero-order chi connectivity index (χ0) is 9.80. The summed E-state index contributed by atoms with van der Waals surface area (Å²) >= 11 is 0. The Morgan fingerprint density at radius 1 is 1.64 bits per heavy atom. The summed E-state index contributed by atoms with van der Waals surface area (Å²) < 4.78 is 5.37. The fourth-order valence-corrected chi connectivity index (χ4v) is 1.68. The van der Waals surface area contributed by atoms with Gasteiger partial charge >= 0.3 is 0 Å². The summed E-state index contributed by atoms with van der Waals surface area (Å²) in [7, 11) is 0. The van der Waals surface area contributed by atoms with Crippen LogP contribution in [-0.2, 0) is 11.3 Å². The lowest BCUT2D eigenvalue weighted by Crippen LogP contribution is -2.35. The minimum Gasteiger partial charge on any atom is -0.392 e. The molecule has 1 aromatic rings. The van der Waals surface area contributed by atoms with Crippen molar-refractivity contribution < 1.29 is 9.84 Å². The third-order valence-electron chi connectivity index (χ3n) is 2.41. The molecule has 0 amide bonds. The molecule has 2 heterocycles. The molecule has 76 valence electrons. The second-order valence-electron chi connectivity index (χ2n) is 3.31. The van der Waals surface area contributed by atoms with Gasteiger partial charge in [0.15, 0.2) is 0 Å². The molecule has 1 atom stereocenters. The van der Waals surface area contributed by atoms with Gasteiger partial charge in [-0.1, -0.05) is 0 Å². The fraction of sp³-hybridized carbons (Fsp3) is 0.500. The van der Waals surface area contributed by atoms with Crippen LogP contribution in [0.4, 0.5) is 0 Å². The molecular weight excluding hydrogens is 180 g/mol. The summed E-state index contributed by atoms with van der Waals surface area (Å²) in [4.78, 5) is 3.98. The van der Waals surface area contributed by atoms with E-state index in [1.165, 1.54) is 0 Å². The number of hydrogen-bond acceptors (Lipinski definition) is 4. The van der Waals surface area contributed by atoms with Gasteiger partial charge in [0.2, 0.25) is 0 Å². The van der Waals surface area contributed by atoms with E-state index >= 15 is 0 Å². The first-order valence-electron chi connectivity index (χ1n) is 4.76. The second-order valence-corrected chi connectivity index (χ2v) is 3.31. The number of hydrogen-bond donors (Lipinski definition) is 2. The van der Waals surface area contributed by atoms with Gasteiger partial charge in [-0.05, 0) is 11.6 Å². The highest BCUT2D eigenvalue weighted by atomic mass is 16.5. The summed E-state index contributed by atoms with van der Waals surface area (Å²) in [5, 5.41) is 12.5. The Morgan fingerprint density at radius 3 is 3.29 bits per heavy atom. The molecule has 2 N–H and O–H groups in total. The molecule has 1 saturated heterocycles. The quantitative estimate of drug-likeness (QED) is 0.708. The van der Waals surface area contributed by atoms with Crippen molar-refractivity contribution in [2.75, 3.05) is 19.8 Å². The monoisotopic (exact) mass is 194 g/mol. The molecule has 0 saturated carbocycles. The average Bonchev–Trinajstić information content (AvgIpc) is 2.30. The van der Waals surface area contributed by atoms with Crippen molar-refractivity contribution in [1.82, 2.24) is 10.3 Å². The highest BCUT2D eigenvalue weighted by molar-refractivity contribution is 5.26. The predicted molar refractivity (Wildman–Crippen MR) is 51.7 cm³/mol. The molecule has 0 spiro atoms. The molecule has 14 heavy (non-hydrogen) atoms. The van der Waals surface area contributed by atoms with Crippen molar-refractivity contribution in [3.63, 3.8) is 0 Å². The maximum absolute atomic E-state index is 9.14. The van der Waals surface area contributed by atoms with Crippen molar-refractivity contribution in [2.24, 2.45) is 0 Å². The topological polar surface area (TPSA) is 54.4 Å². The number of pyridine rings is 1. The minimum absolute atomic E-state index is 0.0291. The standard InChI is InChI=1S/C10H14N2O2/c13-6-8-5-11-2-1-9(8)10-7-14-4-3-12-10/h1-2,5,10,12-13H,3-4,6-7H2/t10-/m0/s1. The summed E-state index contributed by atoms with van der Waals surface area (Å²) in [6.07, 6.45) is 3.44. The molecule has 0 bridgehead atoms. The maximum atomic E-state index is 9.14. The van der Waals surface area contributed by atoms with E-state index in [1.807, 2.05) is 6.07 Å². The number of aliphatic hydroxyl groups excluding tert-OH is 1. The van der Waals surface area contributed by atoms with E-state index in [0.29, 0.717) is 6.61 Å². The van der Waals surface area contributed by atoms with Crippen LogP contribution in [-0.4, -0.2) is 29.8 Å². The number of aromatic nitrogens is 1. The van der Waals surface area contributed by atoms with Crippen LogP contribution in [0.2, 0.25) is 0 Å². The Labute approximate surface area is 82.9 Å². The van der Waals surface area contributed by atoms with Crippen LogP contribution in [0.3, 0.4) is 0 Å². The molecule has 2 rings (SSSR count). The van der Waals surface area contributed by atoms with Gasteiger partial charge in [0.25, 0.3) is 0 Å². The van der Waals surface area contributed by atoms with Gasteiger partial charge in [0.05, 0.1) is 25.9 Å². The Morgan fingerprint density at radius 2 is 2.57 bits per heavy atom. The Balaban J connectivity index is 2.20. The minimum atomic E-state index is 0.0291. The smallest absolute Gasteiger partial charge is 0.0700 e. The molecule has 1 fully saturated rings. The van der Waals surface area contributed by atoms with E-state index in [9.17, 15) is 0 Å². The Bertz CT molecular complexity index is 298. The van der Waals surface area contributed by atoms with Crippen LogP contribution in [0, 0.1) is 0 Å². The first kappa shape index (κ1) is 9.58. The SMILES string of the molecule is OCc1cnccc1[C@@H]1COCCN1. The van der Waals surface area contributed by atoms with E-state index in [4.69, 9.17) is 9.84 Å². The Kier molecular flexibility index (Phi) is 3.08. The fourth-order valence-electron chi connectivity index (χ4n) is 1.68. The first-order valence-corrected chi connectivity index (χ1v) is 4.76. The second kappa shape index (κ2) is 4.50. The van der Waals surface area contributed by atoms with Gasteiger partial charge in [-0.25, -0.2) is 0 Å². The molecule has 1 aromatic heterocycles. The Hall–Kier alpha value is -0.970. The zero-order valence-corrected chi connectivity index (χ0v) is 7.94. The molecule has 1 aliphatic heterocycles. The number of nitrogens with zero attached hydrogens (tertiary/aromatic N) is 1. The number of rotatable bonds is 2. The van der Waals surface area contributed by atoms with Crippen molar-refractivity contribution in [1.29, 1.82) is 0 Å². The van der Waals surface area contributed by atoms with E-state index < -0.39 is 0 Å². The number of ether oxygens (including phenoxy) is 1. The van der Waals surface area contributed by atoms with Gasteiger partial charge in [-0.2, -0.15) is 0 Å². The third-order valence-corrected chi connectivity index (χ3v) is 2.41. The van der Waals surface area contributed by atoms with Crippen LogP contribution in [0.1, 0.15) is 17.2 Å². The van der Waals surface area contributed by atoms with E-state index in [1.54, 1.807) is 12.4 Å². The van der Waals surface area contributed by atoms with Gasteiger partial charge in [0.1, 0.15) is 0 Å². The number of aliphatic hydroxyl groups is 1. The normalized spacial score (nSPS) is 22.2. The summed E-state index contributed by atoms with van der Waals surface area (Å²) in [5.41, 5.74) is 1.96. The van der Waals surface area contributed by atoms with E-state index in [2.05, 4.69) is 10.3 Å². The molecule has 1 aliphatic rings. The molecule has 4 heteroatoms.